The Morgan fingerprint density at radius 3 is 2.62 bits per heavy atom. The van der Waals surface area contributed by atoms with E-state index in [-0.39, 0.29) is 0 Å². The van der Waals surface area contributed by atoms with Crippen LogP contribution in [0.4, 0.5) is 0 Å². The third kappa shape index (κ3) is 3.79. The maximum absolute atomic E-state index is 5.32. The van der Waals surface area contributed by atoms with Crippen molar-refractivity contribution in [3.05, 3.63) is 35.9 Å². The van der Waals surface area contributed by atoms with Gasteiger partial charge in [0.05, 0.1) is 0 Å². The number of rotatable bonds is 4. The van der Waals surface area contributed by atoms with E-state index in [0.29, 0.717) is 5.94 Å². The Morgan fingerprint density at radius 1 is 1.38 bits per heavy atom. The molecule has 1 rings (SSSR count). The van der Waals surface area contributed by atoms with Crippen molar-refractivity contribution in [1.29, 1.82) is 0 Å². The lowest BCUT2D eigenvalue weighted by molar-refractivity contribution is 0.394. The highest BCUT2D eigenvalue weighted by atomic mass is 33.1. The SMILES string of the molecule is CC=Cc1ccc(OCS[S])cc1. The van der Waals surface area contributed by atoms with Gasteiger partial charge >= 0.3 is 0 Å². The molecule has 0 spiro atoms. The van der Waals surface area contributed by atoms with Crippen molar-refractivity contribution in [2.24, 2.45) is 0 Å². The molecule has 3 heteroatoms. The second kappa shape index (κ2) is 6.00. The van der Waals surface area contributed by atoms with Crippen molar-refractivity contribution in [3.63, 3.8) is 0 Å². The van der Waals surface area contributed by atoms with Crippen molar-refractivity contribution in [3.8, 4) is 5.75 Å². The Balaban J connectivity index is 2.58. The average molecular weight is 211 g/mol. The van der Waals surface area contributed by atoms with Crippen LogP contribution < -0.4 is 4.74 Å². The van der Waals surface area contributed by atoms with Gasteiger partial charge in [-0.2, -0.15) is 0 Å². The highest BCUT2D eigenvalue weighted by Gasteiger charge is 1.91. The van der Waals surface area contributed by atoms with Gasteiger partial charge in [0.2, 0.25) is 0 Å². The molecule has 0 amide bonds. The molecule has 0 unspecified atom stereocenters. The number of ether oxygens (including phenoxy) is 1. The van der Waals surface area contributed by atoms with E-state index in [1.807, 2.05) is 43.3 Å². The lowest BCUT2D eigenvalue weighted by atomic mass is 10.2. The Morgan fingerprint density at radius 2 is 2.08 bits per heavy atom. The van der Waals surface area contributed by atoms with Crippen molar-refractivity contribution in [1.82, 2.24) is 0 Å². The first-order valence-corrected chi connectivity index (χ1v) is 5.88. The summed E-state index contributed by atoms with van der Waals surface area (Å²) < 4.78 is 5.32. The predicted molar refractivity (Wildman–Crippen MR) is 61.8 cm³/mol. The smallest absolute Gasteiger partial charge is 0.144 e. The molecule has 0 N–H and O–H groups in total. The van der Waals surface area contributed by atoms with Crippen LogP contribution in [0.15, 0.2) is 30.3 Å². The topological polar surface area (TPSA) is 9.23 Å². The Bertz CT molecular complexity index is 267. The van der Waals surface area contributed by atoms with Crippen LogP contribution in [0.2, 0.25) is 0 Å². The number of hydrogen-bond acceptors (Lipinski definition) is 2. The average Bonchev–Trinajstić information content (AvgIpc) is 2.17. The quantitative estimate of drug-likeness (QED) is 0.552. The summed E-state index contributed by atoms with van der Waals surface area (Å²) in [5.74, 6) is 1.39. The summed E-state index contributed by atoms with van der Waals surface area (Å²) in [7, 11) is 1.26. The largest absolute Gasteiger partial charge is 0.482 e. The molecule has 1 nitrogen and oxygen atoms in total. The summed E-state index contributed by atoms with van der Waals surface area (Å²) in [6.45, 7) is 2.00. The van der Waals surface area contributed by atoms with Gasteiger partial charge in [0.1, 0.15) is 11.7 Å². The first-order chi connectivity index (χ1) is 6.36. The molecule has 0 heterocycles. The zero-order valence-corrected chi connectivity index (χ0v) is 9.03. The molecule has 69 valence electrons. The van der Waals surface area contributed by atoms with Crippen LogP contribution in [0, 0.1) is 0 Å². The summed E-state index contributed by atoms with van der Waals surface area (Å²) in [6.07, 6.45) is 4.06. The van der Waals surface area contributed by atoms with Gasteiger partial charge < -0.3 is 4.74 Å². The molecule has 0 aliphatic heterocycles. The summed E-state index contributed by atoms with van der Waals surface area (Å²) in [5, 5.41) is 0. The molecule has 1 radical (unpaired) electrons. The monoisotopic (exact) mass is 211 g/mol. The third-order valence-electron chi connectivity index (χ3n) is 1.51. The van der Waals surface area contributed by atoms with Gasteiger partial charge in [-0.25, -0.2) is 0 Å². The molecule has 0 aliphatic carbocycles. The van der Waals surface area contributed by atoms with Crippen LogP contribution in [-0.2, 0) is 0 Å². The summed E-state index contributed by atoms with van der Waals surface area (Å²) >= 11 is 4.70. The van der Waals surface area contributed by atoms with Crippen molar-refractivity contribution >= 4 is 28.5 Å². The van der Waals surface area contributed by atoms with Gasteiger partial charge in [-0.1, -0.05) is 24.3 Å². The van der Waals surface area contributed by atoms with Gasteiger partial charge in [0.15, 0.2) is 0 Å². The third-order valence-corrected chi connectivity index (χ3v) is 2.02. The molecule has 0 atom stereocenters. The fraction of sp³-hybridized carbons (Fsp3) is 0.200. The van der Waals surface area contributed by atoms with E-state index in [2.05, 4.69) is 0 Å². The minimum atomic E-state index is 0.526. The van der Waals surface area contributed by atoms with Gasteiger partial charge in [0.25, 0.3) is 0 Å². The fourth-order valence-electron chi connectivity index (χ4n) is 0.960. The van der Waals surface area contributed by atoms with Crippen molar-refractivity contribution in [2.45, 2.75) is 6.92 Å². The standard InChI is InChI=1S/C10H11OS2/c1-2-3-9-4-6-10(7-5-9)11-8-13-12/h2-7H,8H2,1H3. The fourth-order valence-corrected chi connectivity index (χ4v) is 1.29. The molecule has 0 aliphatic rings. The zero-order chi connectivity index (χ0) is 9.52. The minimum Gasteiger partial charge on any atom is -0.482 e. The zero-order valence-electron chi connectivity index (χ0n) is 7.40. The van der Waals surface area contributed by atoms with E-state index in [1.165, 1.54) is 16.4 Å². The summed E-state index contributed by atoms with van der Waals surface area (Å²) in [6, 6.07) is 7.93. The van der Waals surface area contributed by atoms with E-state index in [0.717, 1.165) is 5.75 Å². The van der Waals surface area contributed by atoms with E-state index < -0.39 is 0 Å². The van der Waals surface area contributed by atoms with Crippen LogP contribution >= 0.6 is 22.5 Å². The van der Waals surface area contributed by atoms with E-state index in [1.54, 1.807) is 0 Å². The Hall–Kier alpha value is -0.540. The summed E-state index contributed by atoms with van der Waals surface area (Å²) in [4.78, 5) is 0. The van der Waals surface area contributed by atoms with Gasteiger partial charge in [-0.05, 0) is 47.1 Å². The second-order valence-electron chi connectivity index (χ2n) is 2.45. The van der Waals surface area contributed by atoms with Gasteiger partial charge in [-0.3, -0.25) is 0 Å². The lowest BCUT2D eigenvalue weighted by Crippen LogP contribution is -1.89. The molecular formula is C10H11OS2. The lowest BCUT2D eigenvalue weighted by Gasteiger charge is -2.02. The number of benzene rings is 1. The Kier molecular flexibility index (Phi) is 4.86. The minimum absolute atomic E-state index is 0.526. The Labute approximate surface area is 88.0 Å². The van der Waals surface area contributed by atoms with Gasteiger partial charge in [-0.15, -0.1) is 0 Å². The molecular weight excluding hydrogens is 200 g/mol. The first-order valence-electron chi connectivity index (χ1n) is 3.97. The molecule has 13 heavy (non-hydrogen) atoms. The second-order valence-corrected chi connectivity index (χ2v) is 3.63. The molecule has 1 aromatic carbocycles. The maximum Gasteiger partial charge on any atom is 0.144 e. The van der Waals surface area contributed by atoms with Gasteiger partial charge in [0, 0.05) is 0 Å². The maximum atomic E-state index is 5.32. The van der Waals surface area contributed by atoms with E-state index >= 15 is 0 Å². The highest BCUT2D eigenvalue weighted by Crippen LogP contribution is 2.15. The number of hydrogen-bond donors (Lipinski definition) is 0. The number of allylic oxidation sites excluding steroid dienone is 1. The predicted octanol–water partition coefficient (Wildman–Crippen LogP) is 3.90. The van der Waals surface area contributed by atoms with Crippen molar-refractivity contribution < 1.29 is 4.74 Å². The van der Waals surface area contributed by atoms with Crippen LogP contribution in [0.25, 0.3) is 6.08 Å². The molecule has 0 saturated heterocycles. The van der Waals surface area contributed by atoms with E-state index in [9.17, 15) is 0 Å². The normalized spacial score (nSPS) is 10.6. The molecule has 0 fully saturated rings. The van der Waals surface area contributed by atoms with Crippen LogP contribution in [-0.4, -0.2) is 5.94 Å². The van der Waals surface area contributed by atoms with Crippen LogP contribution in [0.5, 0.6) is 5.75 Å². The van der Waals surface area contributed by atoms with E-state index in [4.69, 9.17) is 16.4 Å². The first kappa shape index (κ1) is 10.5. The highest BCUT2D eigenvalue weighted by molar-refractivity contribution is 8.68. The van der Waals surface area contributed by atoms with Crippen LogP contribution in [0.1, 0.15) is 12.5 Å². The molecule has 0 aromatic heterocycles. The van der Waals surface area contributed by atoms with Crippen molar-refractivity contribution in [2.75, 3.05) is 5.94 Å². The molecule has 1 aromatic rings. The molecule has 0 saturated carbocycles. The summed E-state index contributed by atoms with van der Waals surface area (Å²) in [5.41, 5.74) is 1.18. The van der Waals surface area contributed by atoms with Crippen LogP contribution in [0.3, 0.4) is 0 Å². The molecule has 0 bridgehead atoms.